The zero-order valence-electron chi connectivity index (χ0n) is 13.0. The molecule has 0 radical (unpaired) electrons. The molecule has 0 aliphatic rings. The summed E-state index contributed by atoms with van der Waals surface area (Å²) in [6, 6.07) is 8.39. The second-order valence-corrected chi connectivity index (χ2v) is 6.42. The van der Waals surface area contributed by atoms with Gasteiger partial charge in [0.1, 0.15) is 6.04 Å². The third kappa shape index (κ3) is 5.83. The molecule has 1 heterocycles. The summed E-state index contributed by atoms with van der Waals surface area (Å²) in [5, 5.41) is 14.9. The van der Waals surface area contributed by atoms with Crippen LogP contribution in [0.1, 0.15) is 29.1 Å². The van der Waals surface area contributed by atoms with E-state index >= 15 is 0 Å². The lowest BCUT2D eigenvalue weighted by atomic mass is 10.1. The van der Waals surface area contributed by atoms with Gasteiger partial charge in [-0.05, 0) is 25.3 Å². The van der Waals surface area contributed by atoms with Crippen LogP contribution in [-0.4, -0.2) is 28.0 Å². The van der Waals surface area contributed by atoms with Crippen LogP contribution in [-0.2, 0) is 22.4 Å². The van der Waals surface area contributed by atoms with Crippen LogP contribution in [0.4, 0.5) is 0 Å². The Morgan fingerprint density at radius 2 is 2.04 bits per heavy atom. The number of carboxylic acid groups (broad SMARTS) is 1. The van der Waals surface area contributed by atoms with E-state index in [2.05, 4.69) is 10.3 Å². The Morgan fingerprint density at radius 3 is 2.65 bits per heavy atom. The first-order valence-electron chi connectivity index (χ1n) is 7.51. The number of benzene rings is 1. The molecule has 2 rings (SSSR count). The lowest BCUT2D eigenvalue weighted by Crippen LogP contribution is -2.42. The molecule has 0 fully saturated rings. The Kier molecular flexibility index (Phi) is 6.29. The molecule has 1 atom stereocenters. The lowest BCUT2D eigenvalue weighted by Gasteiger charge is -2.14. The molecule has 23 heavy (non-hydrogen) atoms. The average molecular weight is 332 g/mol. The van der Waals surface area contributed by atoms with Gasteiger partial charge >= 0.3 is 5.97 Å². The van der Waals surface area contributed by atoms with E-state index in [0.29, 0.717) is 12.8 Å². The molecule has 0 saturated carbocycles. The standard InChI is InChI=1S/C17H20N2O3S/c1-12-18-14(11-23-12)8-5-9-16(20)19-15(17(21)22)10-13-6-3-2-4-7-13/h2-4,6-7,11,15H,5,8-10H2,1H3,(H,19,20)(H,21,22). The predicted octanol–water partition coefficient (Wildman–Crippen LogP) is 2.59. The van der Waals surface area contributed by atoms with Crippen LogP contribution >= 0.6 is 11.3 Å². The number of carbonyl (C=O) groups excluding carboxylic acids is 1. The Labute approximate surface area is 139 Å². The summed E-state index contributed by atoms with van der Waals surface area (Å²) < 4.78 is 0. The van der Waals surface area contributed by atoms with Crippen LogP contribution in [0.15, 0.2) is 35.7 Å². The maximum atomic E-state index is 12.0. The fraction of sp³-hybridized carbons (Fsp3) is 0.353. The van der Waals surface area contributed by atoms with Crippen LogP contribution in [0.3, 0.4) is 0 Å². The number of amides is 1. The van der Waals surface area contributed by atoms with Crippen molar-refractivity contribution in [2.45, 2.75) is 38.6 Å². The fourth-order valence-corrected chi connectivity index (χ4v) is 2.92. The van der Waals surface area contributed by atoms with Crippen LogP contribution in [0.25, 0.3) is 0 Å². The maximum absolute atomic E-state index is 12.0. The fourth-order valence-electron chi connectivity index (χ4n) is 2.27. The number of hydrogen-bond acceptors (Lipinski definition) is 4. The van der Waals surface area contributed by atoms with Gasteiger partial charge in [0.25, 0.3) is 0 Å². The number of rotatable bonds is 8. The third-order valence-electron chi connectivity index (χ3n) is 3.42. The first-order valence-corrected chi connectivity index (χ1v) is 8.39. The molecular weight excluding hydrogens is 312 g/mol. The second kappa shape index (κ2) is 8.43. The summed E-state index contributed by atoms with van der Waals surface area (Å²) in [4.78, 5) is 27.6. The predicted molar refractivity (Wildman–Crippen MR) is 89.5 cm³/mol. The largest absolute Gasteiger partial charge is 0.480 e. The van der Waals surface area contributed by atoms with E-state index in [1.807, 2.05) is 42.6 Å². The van der Waals surface area contributed by atoms with Crippen molar-refractivity contribution in [2.24, 2.45) is 0 Å². The summed E-state index contributed by atoms with van der Waals surface area (Å²) in [5.41, 5.74) is 1.87. The monoisotopic (exact) mass is 332 g/mol. The van der Waals surface area contributed by atoms with Crippen LogP contribution in [0.2, 0.25) is 0 Å². The van der Waals surface area contributed by atoms with Gasteiger partial charge in [0, 0.05) is 18.2 Å². The van der Waals surface area contributed by atoms with Gasteiger partial charge in [-0.25, -0.2) is 9.78 Å². The second-order valence-electron chi connectivity index (χ2n) is 5.36. The van der Waals surface area contributed by atoms with Crippen molar-refractivity contribution in [1.82, 2.24) is 10.3 Å². The zero-order valence-corrected chi connectivity index (χ0v) is 13.8. The molecule has 0 saturated heterocycles. The van der Waals surface area contributed by atoms with E-state index in [1.165, 1.54) is 0 Å². The number of hydrogen-bond donors (Lipinski definition) is 2. The van der Waals surface area contributed by atoms with Gasteiger partial charge in [-0.1, -0.05) is 30.3 Å². The van der Waals surface area contributed by atoms with Crippen LogP contribution in [0, 0.1) is 6.92 Å². The summed E-state index contributed by atoms with van der Waals surface area (Å²) in [6.45, 7) is 1.95. The minimum absolute atomic E-state index is 0.236. The molecule has 0 spiro atoms. The first-order chi connectivity index (χ1) is 11.0. The van der Waals surface area contributed by atoms with Gasteiger partial charge in [0.2, 0.25) is 5.91 Å². The molecule has 5 nitrogen and oxygen atoms in total. The molecule has 0 bridgehead atoms. The first kappa shape index (κ1) is 17.1. The van der Waals surface area contributed by atoms with Gasteiger partial charge < -0.3 is 10.4 Å². The number of thiazole rings is 1. The maximum Gasteiger partial charge on any atom is 0.326 e. The molecule has 2 aromatic rings. The highest BCUT2D eigenvalue weighted by molar-refractivity contribution is 7.09. The van der Waals surface area contributed by atoms with Crippen molar-refractivity contribution in [2.75, 3.05) is 0 Å². The number of nitrogens with one attached hydrogen (secondary N) is 1. The highest BCUT2D eigenvalue weighted by atomic mass is 32.1. The molecule has 1 amide bonds. The van der Waals surface area contributed by atoms with Crippen molar-refractivity contribution in [3.8, 4) is 0 Å². The minimum Gasteiger partial charge on any atom is -0.480 e. The molecule has 1 unspecified atom stereocenters. The quantitative estimate of drug-likeness (QED) is 0.779. The Bertz CT molecular complexity index is 655. The van der Waals surface area contributed by atoms with E-state index in [4.69, 9.17) is 0 Å². The lowest BCUT2D eigenvalue weighted by molar-refractivity contribution is -0.141. The Morgan fingerprint density at radius 1 is 1.30 bits per heavy atom. The van der Waals surface area contributed by atoms with Crippen molar-refractivity contribution >= 4 is 23.2 Å². The topological polar surface area (TPSA) is 79.3 Å². The smallest absolute Gasteiger partial charge is 0.326 e. The number of nitrogens with zero attached hydrogens (tertiary/aromatic N) is 1. The number of aromatic nitrogens is 1. The van der Waals surface area contributed by atoms with Crippen LogP contribution in [0.5, 0.6) is 0 Å². The Balaban J connectivity index is 1.79. The molecule has 1 aromatic carbocycles. The zero-order chi connectivity index (χ0) is 16.7. The average Bonchev–Trinajstić information content (AvgIpc) is 2.93. The van der Waals surface area contributed by atoms with Gasteiger partial charge in [-0.15, -0.1) is 11.3 Å². The summed E-state index contributed by atoms with van der Waals surface area (Å²) in [7, 11) is 0. The minimum atomic E-state index is -1.02. The van der Waals surface area contributed by atoms with Crippen LogP contribution < -0.4 is 5.32 Å². The van der Waals surface area contributed by atoms with E-state index in [9.17, 15) is 14.7 Å². The molecular formula is C17H20N2O3S. The number of carbonyl (C=O) groups is 2. The highest BCUT2D eigenvalue weighted by Gasteiger charge is 2.20. The SMILES string of the molecule is Cc1nc(CCCC(=O)NC(Cc2ccccc2)C(=O)O)cs1. The highest BCUT2D eigenvalue weighted by Crippen LogP contribution is 2.11. The summed E-state index contributed by atoms with van der Waals surface area (Å²) in [6.07, 6.45) is 1.98. The Hall–Kier alpha value is -2.21. The van der Waals surface area contributed by atoms with Crippen molar-refractivity contribution < 1.29 is 14.7 Å². The molecule has 0 aliphatic heterocycles. The summed E-state index contributed by atoms with van der Waals surface area (Å²) in [5.74, 6) is -1.25. The molecule has 2 N–H and O–H groups in total. The normalized spacial score (nSPS) is 11.9. The number of aliphatic carboxylic acids is 1. The van der Waals surface area contributed by atoms with E-state index in [1.54, 1.807) is 11.3 Å². The van der Waals surface area contributed by atoms with Gasteiger partial charge in [-0.2, -0.15) is 0 Å². The van der Waals surface area contributed by atoms with Gasteiger partial charge in [0.15, 0.2) is 0 Å². The van der Waals surface area contributed by atoms with E-state index in [0.717, 1.165) is 22.7 Å². The van der Waals surface area contributed by atoms with Crippen molar-refractivity contribution in [3.63, 3.8) is 0 Å². The van der Waals surface area contributed by atoms with Gasteiger partial charge in [-0.3, -0.25) is 4.79 Å². The number of carboxylic acids is 1. The molecule has 1 aromatic heterocycles. The molecule has 122 valence electrons. The summed E-state index contributed by atoms with van der Waals surface area (Å²) >= 11 is 1.59. The molecule has 6 heteroatoms. The number of aryl methyl sites for hydroxylation is 2. The third-order valence-corrected chi connectivity index (χ3v) is 4.24. The van der Waals surface area contributed by atoms with E-state index in [-0.39, 0.29) is 12.3 Å². The van der Waals surface area contributed by atoms with Crippen molar-refractivity contribution in [1.29, 1.82) is 0 Å². The van der Waals surface area contributed by atoms with Crippen molar-refractivity contribution in [3.05, 3.63) is 52.0 Å². The van der Waals surface area contributed by atoms with E-state index < -0.39 is 12.0 Å². The molecule has 0 aliphatic carbocycles. The van der Waals surface area contributed by atoms with Gasteiger partial charge in [0.05, 0.1) is 10.7 Å².